The largest absolute Gasteiger partial charge is 0.467 e. The zero-order valence-corrected chi connectivity index (χ0v) is 33.7. The lowest BCUT2D eigenvalue weighted by Crippen LogP contribution is -2.51. The van der Waals surface area contributed by atoms with Gasteiger partial charge in [0, 0.05) is 28.7 Å². The molecule has 0 radical (unpaired) electrons. The summed E-state index contributed by atoms with van der Waals surface area (Å²) in [5.41, 5.74) is 12.7. The number of hydrogen-bond acceptors (Lipinski definition) is 5. The van der Waals surface area contributed by atoms with Gasteiger partial charge in [0.25, 0.3) is 0 Å². The third-order valence-electron chi connectivity index (χ3n) is 12.9. The van der Waals surface area contributed by atoms with Gasteiger partial charge in [-0.05, 0) is 122 Å². The van der Waals surface area contributed by atoms with Crippen LogP contribution in [0.5, 0.6) is 11.5 Å². The molecule has 2 atom stereocenters. The summed E-state index contributed by atoms with van der Waals surface area (Å²) in [5, 5.41) is 0. The molecule has 0 bridgehead atoms. The molecule has 53 heavy (non-hydrogen) atoms. The third kappa shape index (κ3) is 4.95. The number of aliphatic imine (C=N–C) groups is 1. The van der Waals surface area contributed by atoms with Gasteiger partial charge < -0.3 is 9.47 Å². The summed E-state index contributed by atoms with van der Waals surface area (Å²) in [7, 11) is 0. The highest BCUT2D eigenvalue weighted by atomic mass is 16.5. The van der Waals surface area contributed by atoms with E-state index in [4.69, 9.17) is 19.5 Å². The number of anilines is 3. The number of rotatable bonds is 4. The normalized spacial score (nSPS) is 22.0. The molecule has 4 aromatic carbocycles. The number of nitrogens with zero attached hydrogens (tertiary/aromatic N) is 3. The first-order valence-electron chi connectivity index (χ1n) is 19.0. The van der Waals surface area contributed by atoms with E-state index >= 15 is 0 Å². The van der Waals surface area contributed by atoms with Crippen molar-refractivity contribution in [3.05, 3.63) is 141 Å². The highest BCUT2D eigenvalue weighted by Gasteiger charge is 2.68. The summed E-state index contributed by atoms with van der Waals surface area (Å²) in [6.45, 7) is 29.1. The van der Waals surface area contributed by atoms with Crippen LogP contribution in [0.1, 0.15) is 118 Å². The molecular formula is C48H53N3O2. The number of benzene rings is 4. The molecular weight excluding hydrogens is 651 g/mol. The number of hydrogen-bond donors (Lipinski definition) is 0. The minimum atomic E-state index is -0.558. The number of fused-ring (bicyclic) bond motifs is 5. The molecule has 1 aliphatic carbocycles. The molecule has 0 saturated carbocycles. The predicted molar refractivity (Wildman–Crippen MR) is 218 cm³/mol. The van der Waals surface area contributed by atoms with E-state index in [-0.39, 0.29) is 16.2 Å². The van der Waals surface area contributed by atoms with Crippen LogP contribution in [-0.2, 0) is 26.5 Å². The molecule has 5 aromatic rings. The van der Waals surface area contributed by atoms with E-state index in [2.05, 4.69) is 174 Å². The van der Waals surface area contributed by atoms with Crippen molar-refractivity contribution in [3.8, 4) is 11.5 Å². The molecule has 3 heterocycles. The Morgan fingerprint density at radius 1 is 0.698 bits per heavy atom. The molecule has 272 valence electrons. The maximum atomic E-state index is 7.09. The van der Waals surface area contributed by atoms with Gasteiger partial charge in [0.05, 0.1) is 11.4 Å². The molecule has 5 heteroatoms. The average molecular weight is 704 g/mol. The summed E-state index contributed by atoms with van der Waals surface area (Å²) in [6.07, 6.45) is 1.93. The lowest BCUT2D eigenvalue weighted by molar-refractivity contribution is -0.0137. The fourth-order valence-corrected chi connectivity index (χ4v) is 9.53. The quantitative estimate of drug-likeness (QED) is 0.187. The van der Waals surface area contributed by atoms with E-state index in [1.165, 1.54) is 38.9 Å². The van der Waals surface area contributed by atoms with Gasteiger partial charge >= 0.3 is 0 Å². The second kappa shape index (κ2) is 11.3. The Bertz CT molecular complexity index is 2380. The predicted octanol–water partition coefficient (Wildman–Crippen LogP) is 12.3. The molecule has 2 aliphatic heterocycles. The molecule has 0 N–H and O–H groups in total. The summed E-state index contributed by atoms with van der Waals surface area (Å²) >= 11 is 0. The lowest BCUT2D eigenvalue weighted by atomic mass is 9.70. The minimum Gasteiger partial charge on any atom is -0.467 e. The monoisotopic (exact) mass is 703 g/mol. The SMILES string of the molecule is Cc1cc(C)c2c(c1)[C@@]1(C)N=C(c3cc(Oc4ccc5c(c4)N(c4cc(C(C)(C)C)ccn4)c4ccccc4C5(C)C)c(C)cc3C)O[C@@]1(C)C2(C)C. The van der Waals surface area contributed by atoms with Gasteiger partial charge in [-0.2, -0.15) is 0 Å². The second-order valence-electron chi connectivity index (χ2n) is 18.1. The van der Waals surface area contributed by atoms with Crippen LogP contribution < -0.4 is 9.64 Å². The molecule has 3 aliphatic rings. The maximum absolute atomic E-state index is 7.09. The van der Waals surface area contributed by atoms with Gasteiger partial charge in [0.15, 0.2) is 0 Å². The highest BCUT2D eigenvalue weighted by molar-refractivity contribution is 5.99. The molecule has 0 unspecified atom stereocenters. The van der Waals surface area contributed by atoms with E-state index in [9.17, 15) is 0 Å². The number of aryl methyl sites for hydroxylation is 4. The summed E-state index contributed by atoms with van der Waals surface area (Å²) in [5.74, 6) is 3.12. The van der Waals surface area contributed by atoms with Gasteiger partial charge in [-0.1, -0.05) is 96.5 Å². The first-order chi connectivity index (χ1) is 24.8. The standard InChI is InChI=1S/C48H53N3O2/c1-28-22-31(4)42-37(23-28)47(12)48(13,46(42,10)11)53-43(50-47)34-27-40(30(3)24-29(34)2)52-33-18-19-36-39(26-33)51(38-17-15-14-16-35(38)45(36,8)9)41-25-32(20-21-49-41)44(5,6)7/h14-27H,1-13H3/t47-,48+/m1/s1. The van der Waals surface area contributed by atoms with Gasteiger partial charge in [0.1, 0.15) is 28.5 Å². The Morgan fingerprint density at radius 3 is 2.15 bits per heavy atom. The van der Waals surface area contributed by atoms with E-state index < -0.39 is 11.1 Å². The Labute approximate surface area is 316 Å². The third-order valence-corrected chi connectivity index (χ3v) is 12.9. The molecule has 0 amide bonds. The Morgan fingerprint density at radius 2 is 1.42 bits per heavy atom. The van der Waals surface area contributed by atoms with Crippen LogP contribution in [-0.4, -0.2) is 16.5 Å². The number of aromatic nitrogens is 1. The van der Waals surface area contributed by atoms with Gasteiger partial charge in [-0.15, -0.1) is 0 Å². The van der Waals surface area contributed by atoms with Crippen LogP contribution >= 0.6 is 0 Å². The Balaban J connectivity index is 1.22. The fourth-order valence-electron chi connectivity index (χ4n) is 9.53. The van der Waals surface area contributed by atoms with Crippen molar-refractivity contribution in [1.29, 1.82) is 0 Å². The van der Waals surface area contributed by atoms with Crippen molar-refractivity contribution in [2.24, 2.45) is 4.99 Å². The first-order valence-corrected chi connectivity index (χ1v) is 19.0. The van der Waals surface area contributed by atoms with E-state index in [0.29, 0.717) is 5.90 Å². The maximum Gasteiger partial charge on any atom is 0.218 e. The lowest BCUT2D eigenvalue weighted by Gasteiger charge is -2.41. The second-order valence-corrected chi connectivity index (χ2v) is 18.1. The highest BCUT2D eigenvalue weighted by Crippen LogP contribution is 2.63. The van der Waals surface area contributed by atoms with Crippen molar-refractivity contribution in [2.45, 2.75) is 117 Å². The van der Waals surface area contributed by atoms with Crippen molar-refractivity contribution < 1.29 is 9.47 Å². The number of ether oxygens (including phenoxy) is 2. The number of pyridine rings is 1. The molecule has 0 saturated heterocycles. The van der Waals surface area contributed by atoms with Crippen LogP contribution in [0.3, 0.4) is 0 Å². The molecule has 0 fully saturated rings. The Hall–Kier alpha value is -4.90. The summed E-state index contributed by atoms with van der Waals surface area (Å²) < 4.78 is 14.0. The topological polar surface area (TPSA) is 47.0 Å². The van der Waals surface area contributed by atoms with E-state index in [1.54, 1.807) is 0 Å². The van der Waals surface area contributed by atoms with Crippen LogP contribution in [0.15, 0.2) is 90.1 Å². The van der Waals surface area contributed by atoms with Crippen molar-refractivity contribution >= 4 is 23.1 Å². The van der Waals surface area contributed by atoms with Gasteiger partial charge in [0.2, 0.25) is 5.90 Å². The van der Waals surface area contributed by atoms with Crippen LogP contribution in [0.2, 0.25) is 0 Å². The van der Waals surface area contributed by atoms with Crippen LogP contribution in [0.4, 0.5) is 17.2 Å². The Kier molecular flexibility index (Phi) is 7.50. The number of para-hydroxylation sites is 1. The average Bonchev–Trinajstić information content (AvgIpc) is 3.43. The van der Waals surface area contributed by atoms with Crippen molar-refractivity contribution in [1.82, 2.24) is 4.98 Å². The summed E-state index contributed by atoms with van der Waals surface area (Å²) in [4.78, 5) is 12.7. The minimum absolute atomic E-state index is 0.0153. The van der Waals surface area contributed by atoms with Crippen molar-refractivity contribution in [3.63, 3.8) is 0 Å². The fraction of sp³-hybridized carbons (Fsp3) is 0.375. The molecule has 1 aromatic heterocycles. The van der Waals surface area contributed by atoms with E-state index in [0.717, 1.165) is 45.4 Å². The van der Waals surface area contributed by atoms with Crippen LogP contribution in [0, 0.1) is 27.7 Å². The molecule has 5 nitrogen and oxygen atoms in total. The zero-order chi connectivity index (χ0) is 38.0. The first kappa shape index (κ1) is 35.1. The van der Waals surface area contributed by atoms with Gasteiger partial charge in [-0.25, -0.2) is 9.98 Å². The zero-order valence-electron chi connectivity index (χ0n) is 33.7. The van der Waals surface area contributed by atoms with E-state index in [1.807, 2.05) is 6.20 Å². The van der Waals surface area contributed by atoms with Gasteiger partial charge in [-0.3, -0.25) is 4.90 Å². The van der Waals surface area contributed by atoms with Crippen molar-refractivity contribution in [2.75, 3.05) is 4.90 Å². The molecule has 0 spiro atoms. The van der Waals surface area contributed by atoms with Crippen LogP contribution in [0.25, 0.3) is 0 Å². The molecule has 8 rings (SSSR count). The smallest absolute Gasteiger partial charge is 0.218 e. The summed E-state index contributed by atoms with van der Waals surface area (Å²) in [6, 6.07) is 28.5.